The summed E-state index contributed by atoms with van der Waals surface area (Å²) < 4.78 is 0. The third-order valence-corrected chi connectivity index (χ3v) is 4.03. The second-order valence-electron chi connectivity index (χ2n) is 5.69. The molecule has 1 saturated carbocycles. The van der Waals surface area contributed by atoms with Crippen LogP contribution in [0.4, 0.5) is 0 Å². The van der Waals surface area contributed by atoms with Gasteiger partial charge in [0.2, 0.25) is 5.91 Å². The van der Waals surface area contributed by atoms with E-state index in [1.165, 1.54) is 25.7 Å². The maximum absolute atomic E-state index is 11.9. The lowest BCUT2D eigenvalue weighted by Gasteiger charge is -2.19. The Kier molecular flexibility index (Phi) is 5.56. The number of nitrogens with one attached hydrogen (secondary N) is 1. The molecule has 0 aromatic heterocycles. The fourth-order valence-corrected chi connectivity index (χ4v) is 2.76. The van der Waals surface area contributed by atoms with Crippen molar-refractivity contribution >= 4 is 5.91 Å². The molecule has 4 heteroatoms. The van der Waals surface area contributed by atoms with E-state index in [0.717, 1.165) is 5.56 Å². The zero-order chi connectivity index (χ0) is 14.4. The molecule has 0 bridgehead atoms. The van der Waals surface area contributed by atoms with Crippen LogP contribution in [0, 0.1) is 5.92 Å². The van der Waals surface area contributed by atoms with E-state index >= 15 is 0 Å². The number of nitrogens with two attached hydrogens (primary N) is 1. The Morgan fingerprint density at radius 3 is 2.60 bits per heavy atom. The SMILES string of the molecule is NC(Cc1ccccc1)C(O)C(=O)NCC1CCCC1. The van der Waals surface area contributed by atoms with Gasteiger partial charge in [-0.25, -0.2) is 0 Å². The number of carbonyl (C=O) groups excluding carboxylic acids is 1. The summed E-state index contributed by atoms with van der Waals surface area (Å²) in [5.41, 5.74) is 6.95. The molecular weight excluding hydrogens is 252 g/mol. The summed E-state index contributed by atoms with van der Waals surface area (Å²) in [5, 5.41) is 12.8. The maximum atomic E-state index is 11.9. The molecule has 2 atom stereocenters. The Labute approximate surface area is 120 Å². The van der Waals surface area contributed by atoms with Crippen LogP contribution in [0.15, 0.2) is 30.3 Å². The van der Waals surface area contributed by atoms with E-state index in [9.17, 15) is 9.90 Å². The Balaban J connectivity index is 1.76. The highest BCUT2D eigenvalue weighted by molar-refractivity contribution is 5.81. The average molecular weight is 276 g/mol. The quantitative estimate of drug-likeness (QED) is 0.731. The van der Waals surface area contributed by atoms with Crippen molar-refractivity contribution in [3.63, 3.8) is 0 Å². The molecule has 4 N–H and O–H groups in total. The Morgan fingerprint density at radius 2 is 1.95 bits per heavy atom. The highest BCUT2D eigenvalue weighted by atomic mass is 16.3. The molecule has 0 spiro atoms. The molecule has 4 nitrogen and oxygen atoms in total. The number of carbonyl (C=O) groups is 1. The van der Waals surface area contributed by atoms with Crippen LogP contribution in [-0.4, -0.2) is 29.7 Å². The van der Waals surface area contributed by atoms with Crippen molar-refractivity contribution < 1.29 is 9.90 Å². The van der Waals surface area contributed by atoms with Crippen LogP contribution in [0.3, 0.4) is 0 Å². The minimum absolute atomic E-state index is 0.347. The molecule has 1 aliphatic rings. The fourth-order valence-electron chi connectivity index (χ4n) is 2.76. The number of hydrogen-bond acceptors (Lipinski definition) is 3. The summed E-state index contributed by atoms with van der Waals surface area (Å²) >= 11 is 0. The first-order valence-electron chi connectivity index (χ1n) is 7.42. The number of aliphatic hydroxyl groups is 1. The van der Waals surface area contributed by atoms with Crippen molar-refractivity contribution in [2.24, 2.45) is 11.7 Å². The fraction of sp³-hybridized carbons (Fsp3) is 0.562. The summed E-state index contributed by atoms with van der Waals surface area (Å²) in [6.07, 6.45) is 4.20. The smallest absolute Gasteiger partial charge is 0.250 e. The molecule has 0 saturated heterocycles. The van der Waals surface area contributed by atoms with Crippen LogP contribution in [-0.2, 0) is 11.2 Å². The lowest BCUT2D eigenvalue weighted by atomic mass is 10.0. The van der Waals surface area contributed by atoms with Gasteiger partial charge in [-0.1, -0.05) is 43.2 Å². The van der Waals surface area contributed by atoms with Gasteiger partial charge in [-0.2, -0.15) is 0 Å². The van der Waals surface area contributed by atoms with E-state index in [-0.39, 0.29) is 5.91 Å². The zero-order valence-electron chi connectivity index (χ0n) is 11.8. The minimum Gasteiger partial charge on any atom is -0.382 e. The van der Waals surface area contributed by atoms with Gasteiger partial charge in [0.1, 0.15) is 6.10 Å². The van der Waals surface area contributed by atoms with Crippen molar-refractivity contribution in [1.29, 1.82) is 0 Å². The predicted molar refractivity (Wildman–Crippen MR) is 79.1 cm³/mol. The number of aliphatic hydroxyl groups excluding tert-OH is 1. The van der Waals surface area contributed by atoms with E-state index < -0.39 is 12.1 Å². The van der Waals surface area contributed by atoms with Crippen LogP contribution >= 0.6 is 0 Å². The van der Waals surface area contributed by atoms with Crippen molar-refractivity contribution in [2.45, 2.75) is 44.2 Å². The minimum atomic E-state index is -1.14. The van der Waals surface area contributed by atoms with Gasteiger partial charge in [-0.15, -0.1) is 0 Å². The first-order valence-corrected chi connectivity index (χ1v) is 7.42. The largest absolute Gasteiger partial charge is 0.382 e. The van der Waals surface area contributed by atoms with E-state index in [1.54, 1.807) is 0 Å². The summed E-state index contributed by atoms with van der Waals surface area (Å²) in [7, 11) is 0. The van der Waals surface area contributed by atoms with Gasteiger partial charge < -0.3 is 16.2 Å². The Bertz CT molecular complexity index is 416. The molecule has 0 heterocycles. The first-order chi connectivity index (χ1) is 9.66. The van der Waals surface area contributed by atoms with Gasteiger partial charge in [0.15, 0.2) is 0 Å². The van der Waals surface area contributed by atoms with Crippen LogP contribution in [0.2, 0.25) is 0 Å². The van der Waals surface area contributed by atoms with Gasteiger partial charge in [-0.05, 0) is 30.7 Å². The molecule has 2 unspecified atom stereocenters. The molecule has 1 fully saturated rings. The number of rotatable bonds is 6. The van der Waals surface area contributed by atoms with E-state index in [2.05, 4.69) is 5.32 Å². The first kappa shape index (κ1) is 15.0. The van der Waals surface area contributed by atoms with E-state index in [1.807, 2.05) is 30.3 Å². The van der Waals surface area contributed by atoms with Crippen LogP contribution in [0.5, 0.6) is 0 Å². The summed E-state index contributed by atoms with van der Waals surface area (Å²) in [4.78, 5) is 11.9. The molecule has 2 rings (SSSR count). The van der Waals surface area contributed by atoms with E-state index in [0.29, 0.717) is 18.9 Å². The average Bonchev–Trinajstić information content (AvgIpc) is 2.98. The maximum Gasteiger partial charge on any atom is 0.250 e. The monoisotopic (exact) mass is 276 g/mol. The van der Waals surface area contributed by atoms with E-state index in [4.69, 9.17) is 5.73 Å². The third kappa shape index (κ3) is 4.32. The third-order valence-electron chi connectivity index (χ3n) is 4.03. The second kappa shape index (κ2) is 7.41. The van der Waals surface area contributed by atoms with Gasteiger partial charge in [0.05, 0.1) is 0 Å². The molecule has 0 radical (unpaired) electrons. The van der Waals surface area contributed by atoms with Crippen LogP contribution in [0.1, 0.15) is 31.2 Å². The highest BCUT2D eigenvalue weighted by Gasteiger charge is 2.24. The van der Waals surface area contributed by atoms with Gasteiger partial charge in [0.25, 0.3) is 0 Å². The second-order valence-corrected chi connectivity index (χ2v) is 5.69. The zero-order valence-corrected chi connectivity index (χ0v) is 11.8. The number of hydrogen-bond donors (Lipinski definition) is 3. The van der Waals surface area contributed by atoms with Crippen LogP contribution < -0.4 is 11.1 Å². The Hall–Kier alpha value is -1.39. The van der Waals surface area contributed by atoms with Gasteiger partial charge in [-0.3, -0.25) is 4.79 Å². The molecule has 1 amide bonds. The van der Waals surface area contributed by atoms with Crippen molar-refractivity contribution in [3.8, 4) is 0 Å². The molecule has 110 valence electrons. The molecule has 1 aromatic rings. The molecule has 1 aliphatic carbocycles. The van der Waals surface area contributed by atoms with Gasteiger partial charge >= 0.3 is 0 Å². The summed E-state index contributed by atoms with van der Waals surface area (Å²) in [6, 6.07) is 9.11. The highest BCUT2D eigenvalue weighted by Crippen LogP contribution is 2.23. The van der Waals surface area contributed by atoms with Crippen molar-refractivity contribution in [3.05, 3.63) is 35.9 Å². The van der Waals surface area contributed by atoms with Crippen molar-refractivity contribution in [1.82, 2.24) is 5.32 Å². The lowest BCUT2D eigenvalue weighted by Crippen LogP contribution is -2.48. The number of benzene rings is 1. The predicted octanol–water partition coefficient (Wildman–Crippen LogP) is 1.22. The molecule has 0 aliphatic heterocycles. The van der Waals surface area contributed by atoms with Crippen molar-refractivity contribution in [2.75, 3.05) is 6.54 Å². The lowest BCUT2D eigenvalue weighted by molar-refractivity contribution is -0.130. The van der Waals surface area contributed by atoms with Gasteiger partial charge in [0, 0.05) is 12.6 Å². The standard InChI is InChI=1S/C16H24N2O2/c17-14(10-12-6-2-1-3-7-12)15(19)16(20)18-11-13-8-4-5-9-13/h1-3,6-7,13-15,19H,4-5,8-11,17H2,(H,18,20). The molecule has 1 aromatic carbocycles. The molecular formula is C16H24N2O2. The summed E-state index contributed by atoms with van der Waals surface area (Å²) in [6.45, 7) is 0.661. The normalized spacial score (nSPS) is 18.7. The van der Waals surface area contributed by atoms with Crippen LogP contribution in [0.25, 0.3) is 0 Å². The molecule has 20 heavy (non-hydrogen) atoms. The Morgan fingerprint density at radius 1 is 1.30 bits per heavy atom. The topological polar surface area (TPSA) is 75.3 Å². The number of amides is 1. The summed E-state index contributed by atoms with van der Waals surface area (Å²) in [5.74, 6) is 0.219.